The van der Waals surface area contributed by atoms with Gasteiger partial charge in [-0.25, -0.2) is 0 Å². The first kappa shape index (κ1) is 39.9. The van der Waals surface area contributed by atoms with Crippen LogP contribution < -0.4 is 16.4 Å². The Labute approximate surface area is 325 Å². The number of anilines is 2. The van der Waals surface area contributed by atoms with Crippen LogP contribution in [-0.4, -0.2) is 47.1 Å². The van der Waals surface area contributed by atoms with Crippen molar-refractivity contribution in [3.8, 4) is 11.1 Å². The summed E-state index contributed by atoms with van der Waals surface area (Å²) in [4.78, 5) is 27.5. The van der Waals surface area contributed by atoms with Gasteiger partial charge in [-0.15, -0.1) is 6.58 Å². The molecule has 1 heterocycles. The zero-order chi connectivity index (χ0) is 38.4. The topological polar surface area (TPSA) is 126 Å². The lowest BCUT2D eigenvalue weighted by molar-refractivity contribution is -0.253. The van der Waals surface area contributed by atoms with Gasteiger partial charge in [0.1, 0.15) is 0 Å². The molecular weight excluding hydrogens is 689 g/mol. The summed E-state index contributed by atoms with van der Waals surface area (Å²) < 4.78 is 13.5. The van der Waals surface area contributed by atoms with Crippen molar-refractivity contribution in [2.45, 2.75) is 102 Å². The standard InChI is InChI=1S/C46H56N4O5/c1-2-26-50(39-16-6-7-17-39)31-40-29-43(35-24-22-33(32-51)23-25-35)55-46(54-40)38-15-11-14-37(28-38)36-13-10-12-34(27-36)30-48-44(52)20-4-3-5-21-45(53)49-42-19-9-8-18-41(42)47/h2,8-15,18-19,22-25,27-28,39-40,43,46,51H,1,3-7,16-17,20-21,26,29-32,47H2,(H,48,52)(H,49,53)/t40-,43+,46+/m0/s1. The highest BCUT2D eigenvalue weighted by atomic mass is 16.7. The monoisotopic (exact) mass is 744 g/mol. The molecule has 0 spiro atoms. The number of amides is 2. The molecule has 4 aromatic rings. The average molecular weight is 745 g/mol. The predicted octanol–water partition coefficient (Wildman–Crippen LogP) is 8.61. The Hall–Kier alpha value is -4.80. The molecule has 0 bridgehead atoms. The van der Waals surface area contributed by atoms with Crippen LogP contribution in [0.3, 0.4) is 0 Å². The van der Waals surface area contributed by atoms with E-state index in [-0.39, 0.29) is 30.6 Å². The number of nitrogens with zero attached hydrogens (tertiary/aromatic N) is 1. The van der Waals surface area contributed by atoms with E-state index >= 15 is 0 Å². The Bertz CT molecular complexity index is 1860. The zero-order valence-electron chi connectivity index (χ0n) is 31.8. The highest BCUT2D eigenvalue weighted by Gasteiger charge is 2.34. The molecule has 3 atom stereocenters. The van der Waals surface area contributed by atoms with E-state index in [1.807, 2.05) is 48.5 Å². The molecule has 55 heavy (non-hydrogen) atoms. The summed E-state index contributed by atoms with van der Waals surface area (Å²) in [6, 6.07) is 32.4. The van der Waals surface area contributed by atoms with Crippen molar-refractivity contribution < 1.29 is 24.2 Å². The fraction of sp³-hybridized carbons (Fsp3) is 0.391. The first-order valence-electron chi connectivity index (χ1n) is 19.8. The maximum atomic E-state index is 12.7. The lowest BCUT2D eigenvalue weighted by atomic mass is 9.98. The van der Waals surface area contributed by atoms with Crippen LogP contribution in [0.2, 0.25) is 0 Å². The van der Waals surface area contributed by atoms with Crippen LogP contribution in [-0.2, 0) is 32.2 Å². The van der Waals surface area contributed by atoms with Crippen LogP contribution in [0, 0.1) is 0 Å². The number of carbonyl (C=O) groups excluding carboxylic acids is 2. The number of carbonyl (C=O) groups is 2. The van der Waals surface area contributed by atoms with Gasteiger partial charge < -0.3 is 30.9 Å². The molecule has 5 N–H and O–H groups in total. The fourth-order valence-electron chi connectivity index (χ4n) is 7.69. The fourth-order valence-corrected chi connectivity index (χ4v) is 7.69. The summed E-state index contributed by atoms with van der Waals surface area (Å²) in [5.74, 6) is -0.0783. The molecule has 1 aliphatic carbocycles. The molecule has 9 heteroatoms. The summed E-state index contributed by atoms with van der Waals surface area (Å²) >= 11 is 0. The van der Waals surface area contributed by atoms with Gasteiger partial charge in [0.25, 0.3) is 0 Å². The van der Waals surface area contributed by atoms with Gasteiger partial charge in [-0.05, 0) is 77.8 Å². The third-order valence-electron chi connectivity index (χ3n) is 10.7. The highest BCUT2D eigenvalue weighted by Crippen LogP contribution is 2.39. The van der Waals surface area contributed by atoms with E-state index in [9.17, 15) is 14.7 Å². The number of hydrogen-bond acceptors (Lipinski definition) is 7. The lowest BCUT2D eigenvalue weighted by Gasteiger charge is -2.39. The minimum atomic E-state index is -0.546. The number of aliphatic hydroxyl groups excluding tert-OH is 1. The van der Waals surface area contributed by atoms with E-state index in [1.54, 1.807) is 12.1 Å². The summed E-state index contributed by atoms with van der Waals surface area (Å²) in [7, 11) is 0. The van der Waals surface area contributed by atoms with Crippen molar-refractivity contribution in [1.82, 2.24) is 10.2 Å². The van der Waals surface area contributed by atoms with Gasteiger partial charge in [-0.3, -0.25) is 14.5 Å². The second-order valence-corrected chi connectivity index (χ2v) is 14.8. The van der Waals surface area contributed by atoms with Gasteiger partial charge in [-0.1, -0.05) is 98.1 Å². The first-order chi connectivity index (χ1) is 26.9. The van der Waals surface area contributed by atoms with Crippen molar-refractivity contribution in [1.29, 1.82) is 0 Å². The molecule has 0 radical (unpaired) electrons. The molecule has 2 fully saturated rings. The van der Waals surface area contributed by atoms with Gasteiger partial charge in [-0.2, -0.15) is 0 Å². The van der Waals surface area contributed by atoms with Crippen LogP contribution in [0.4, 0.5) is 11.4 Å². The molecule has 1 saturated carbocycles. The highest BCUT2D eigenvalue weighted by molar-refractivity contribution is 5.93. The van der Waals surface area contributed by atoms with E-state index < -0.39 is 6.29 Å². The molecule has 0 aromatic heterocycles. The Morgan fingerprint density at radius 3 is 2.29 bits per heavy atom. The number of nitrogens with two attached hydrogens (primary N) is 1. The Kier molecular flexibility index (Phi) is 14.7. The van der Waals surface area contributed by atoms with Crippen molar-refractivity contribution in [2.24, 2.45) is 0 Å². The number of nitrogen functional groups attached to an aromatic ring is 1. The minimum Gasteiger partial charge on any atom is -0.397 e. The summed E-state index contributed by atoms with van der Waals surface area (Å²) in [5.41, 5.74) is 13.1. The number of hydrogen-bond donors (Lipinski definition) is 4. The lowest BCUT2D eigenvalue weighted by Crippen LogP contribution is -2.43. The molecule has 290 valence electrons. The van der Waals surface area contributed by atoms with E-state index in [1.165, 1.54) is 25.7 Å². The second-order valence-electron chi connectivity index (χ2n) is 14.8. The van der Waals surface area contributed by atoms with E-state index in [0.29, 0.717) is 49.6 Å². The van der Waals surface area contributed by atoms with E-state index in [4.69, 9.17) is 15.2 Å². The van der Waals surface area contributed by atoms with Gasteiger partial charge >= 0.3 is 0 Å². The van der Waals surface area contributed by atoms with Crippen LogP contribution in [0.15, 0.2) is 110 Å². The van der Waals surface area contributed by atoms with Gasteiger partial charge in [0.2, 0.25) is 11.8 Å². The number of para-hydroxylation sites is 2. The smallest absolute Gasteiger partial charge is 0.224 e. The minimum absolute atomic E-state index is 0.00444. The molecule has 2 amide bonds. The van der Waals surface area contributed by atoms with Crippen LogP contribution in [0.25, 0.3) is 11.1 Å². The quantitative estimate of drug-likeness (QED) is 0.0457. The van der Waals surface area contributed by atoms with Crippen molar-refractivity contribution in [3.05, 3.63) is 132 Å². The van der Waals surface area contributed by atoms with Crippen LogP contribution >= 0.6 is 0 Å². The molecule has 9 nitrogen and oxygen atoms in total. The maximum Gasteiger partial charge on any atom is 0.224 e. The van der Waals surface area contributed by atoms with Crippen molar-refractivity contribution in [2.75, 3.05) is 24.1 Å². The molecule has 2 aliphatic rings. The molecule has 1 aliphatic heterocycles. The number of aliphatic hydroxyl groups is 1. The van der Waals surface area contributed by atoms with Crippen LogP contribution in [0.1, 0.15) is 98.9 Å². The Balaban J connectivity index is 1.04. The summed E-state index contributed by atoms with van der Waals surface area (Å²) in [5, 5.41) is 15.5. The number of rotatable bonds is 18. The third-order valence-corrected chi connectivity index (χ3v) is 10.7. The molecule has 0 unspecified atom stereocenters. The Morgan fingerprint density at radius 1 is 0.818 bits per heavy atom. The second kappa shape index (κ2) is 20.2. The SMILES string of the molecule is C=CCN(C[C@@H]1C[C@H](c2ccc(CO)cc2)O[C@H](c2cccc(-c3cccc(CNC(=O)CCCCCC(=O)Nc4ccccc4N)c3)c2)O1)C1CCCC1. The number of nitrogens with one attached hydrogen (secondary N) is 2. The number of benzene rings is 4. The molecular formula is C46H56N4O5. The van der Waals surface area contributed by atoms with Crippen LogP contribution in [0.5, 0.6) is 0 Å². The number of unbranched alkanes of at least 4 members (excludes halogenated alkanes) is 2. The number of ether oxygens (including phenoxy) is 2. The van der Waals surface area contributed by atoms with Gasteiger partial charge in [0.05, 0.1) is 30.2 Å². The van der Waals surface area contributed by atoms with Gasteiger partial charge in [0.15, 0.2) is 6.29 Å². The summed E-state index contributed by atoms with van der Waals surface area (Å²) in [6.07, 6.45) is 9.98. The zero-order valence-corrected chi connectivity index (χ0v) is 31.8. The van der Waals surface area contributed by atoms with E-state index in [2.05, 4.69) is 64.6 Å². The normalized spacial score (nSPS) is 18.6. The van der Waals surface area contributed by atoms with Crippen molar-refractivity contribution in [3.63, 3.8) is 0 Å². The largest absolute Gasteiger partial charge is 0.397 e. The van der Waals surface area contributed by atoms with Gasteiger partial charge in [0, 0.05) is 50.5 Å². The molecule has 4 aromatic carbocycles. The first-order valence-corrected chi connectivity index (χ1v) is 19.8. The Morgan fingerprint density at radius 2 is 1.55 bits per heavy atom. The average Bonchev–Trinajstić information content (AvgIpc) is 3.76. The van der Waals surface area contributed by atoms with Crippen molar-refractivity contribution >= 4 is 23.2 Å². The predicted molar refractivity (Wildman–Crippen MR) is 219 cm³/mol. The summed E-state index contributed by atoms with van der Waals surface area (Å²) in [6.45, 7) is 6.14. The molecule has 1 saturated heterocycles. The maximum absolute atomic E-state index is 12.7. The van der Waals surface area contributed by atoms with E-state index in [0.717, 1.165) is 59.3 Å². The third kappa shape index (κ3) is 11.6. The molecule has 6 rings (SSSR count).